The largest absolute Gasteiger partial charge is 0.444 e. The highest BCUT2D eigenvalue weighted by atomic mass is 19.4. The number of rotatable bonds is 2. The van der Waals surface area contributed by atoms with Crippen LogP contribution in [0.4, 0.5) is 18.0 Å². The summed E-state index contributed by atoms with van der Waals surface area (Å²) in [6.45, 7) is 5.12. The number of ether oxygens (including phenoxy) is 1. The highest BCUT2D eigenvalue weighted by molar-refractivity contribution is 5.81. The summed E-state index contributed by atoms with van der Waals surface area (Å²) in [6, 6.07) is -0.522. The first-order chi connectivity index (χ1) is 11.9. The molecule has 26 heavy (non-hydrogen) atoms. The van der Waals surface area contributed by atoms with Gasteiger partial charge in [0.2, 0.25) is 5.91 Å². The quantitative estimate of drug-likeness (QED) is 0.799. The van der Waals surface area contributed by atoms with Crippen LogP contribution in [0.1, 0.15) is 40.0 Å². The number of carbonyl (C=O) groups is 2. The Labute approximate surface area is 151 Å². The first-order valence-corrected chi connectivity index (χ1v) is 8.88. The molecule has 2 fully saturated rings. The molecule has 6 nitrogen and oxygen atoms in total. The number of aliphatic hydroxyl groups is 1. The summed E-state index contributed by atoms with van der Waals surface area (Å²) in [4.78, 5) is 27.7. The lowest BCUT2D eigenvalue weighted by Gasteiger charge is -2.34. The Morgan fingerprint density at radius 2 is 1.73 bits per heavy atom. The normalized spacial score (nSPS) is 25.5. The third-order valence-electron chi connectivity index (χ3n) is 4.87. The van der Waals surface area contributed by atoms with Crippen LogP contribution in [0.2, 0.25) is 0 Å². The van der Waals surface area contributed by atoms with E-state index in [4.69, 9.17) is 4.74 Å². The van der Waals surface area contributed by atoms with Gasteiger partial charge >= 0.3 is 12.3 Å². The summed E-state index contributed by atoms with van der Waals surface area (Å²) in [7, 11) is 0. The summed E-state index contributed by atoms with van der Waals surface area (Å²) in [5.74, 6) is -2.14. The number of carbonyl (C=O) groups excluding carboxylic acids is 2. The van der Waals surface area contributed by atoms with E-state index < -0.39 is 35.7 Å². The minimum absolute atomic E-state index is 0.0652. The van der Waals surface area contributed by atoms with E-state index in [9.17, 15) is 27.9 Å². The van der Waals surface area contributed by atoms with E-state index >= 15 is 0 Å². The molecule has 1 N–H and O–H groups in total. The molecular formula is C17H27F3N2O4. The smallest absolute Gasteiger partial charge is 0.410 e. The molecule has 0 aliphatic carbocycles. The molecule has 0 spiro atoms. The number of hydrogen-bond acceptors (Lipinski definition) is 4. The van der Waals surface area contributed by atoms with Gasteiger partial charge in [-0.2, -0.15) is 13.2 Å². The Hall–Kier alpha value is -1.51. The zero-order valence-corrected chi connectivity index (χ0v) is 15.4. The molecule has 2 rings (SSSR count). The highest BCUT2D eigenvalue weighted by Crippen LogP contribution is 2.35. The molecule has 0 aromatic carbocycles. The third kappa shape index (κ3) is 5.02. The number of nitrogens with zero attached hydrogens (tertiary/aromatic N) is 2. The molecule has 0 radical (unpaired) electrons. The number of piperidine rings is 1. The highest BCUT2D eigenvalue weighted by Gasteiger charge is 2.45. The number of halogens is 3. The van der Waals surface area contributed by atoms with Gasteiger partial charge < -0.3 is 19.6 Å². The minimum atomic E-state index is -4.22. The minimum Gasteiger partial charge on any atom is -0.444 e. The lowest BCUT2D eigenvalue weighted by Crippen LogP contribution is -2.45. The molecule has 9 heteroatoms. The van der Waals surface area contributed by atoms with E-state index in [0.717, 1.165) is 0 Å². The Morgan fingerprint density at radius 3 is 2.19 bits per heavy atom. The van der Waals surface area contributed by atoms with Crippen molar-refractivity contribution in [3.8, 4) is 0 Å². The van der Waals surface area contributed by atoms with Crippen LogP contribution in [0, 0.1) is 11.8 Å². The molecule has 2 aliphatic heterocycles. The predicted octanol–water partition coefficient (Wildman–Crippen LogP) is 2.41. The fraction of sp³-hybridized carbons (Fsp3) is 0.882. The van der Waals surface area contributed by atoms with Crippen LogP contribution in [0.5, 0.6) is 0 Å². The predicted molar refractivity (Wildman–Crippen MR) is 87.3 cm³/mol. The number of amides is 2. The van der Waals surface area contributed by atoms with Crippen LogP contribution in [0.25, 0.3) is 0 Å². The van der Waals surface area contributed by atoms with Gasteiger partial charge in [0.05, 0.1) is 24.5 Å². The Morgan fingerprint density at radius 1 is 1.15 bits per heavy atom. The average molecular weight is 380 g/mol. The molecule has 2 aliphatic rings. The Bertz CT molecular complexity index is 525. The zero-order chi connectivity index (χ0) is 19.7. The average Bonchev–Trinajstić information content (AvgIpc) is 2.96. The molecule has 2 atom stereocenters. The second-order valence-electron chi connectivity index (χ2n) is 8.04. The van der Waals surface area contributed by atoms with Crippen molar-refractivity contribution in [2.75, 3.05) is 26.2 Å². The number of aliphatic hydroxyl groups excluding tert-OH is 1. The maximum Gasteiger partial charge on any atom is 0.410 e. The summed E-state index contributed by atoms with van der Waals surface area (Å²) in [5.41, 5.74) is -0.696. The molecule has 150 valence electrons. The second-order valence-corrected chi connectivity index (χ2v) is 8.04. The standard InChI is InChI=1S/C17H27F3N2O4/c1-16(2,3)26-15(25)22-9-11(8-13(22)10-23)14(24)21-6-4-12(5-7-21)17(18,19)20/h11-13,23H,4-10H2,1-3H3/t11-,13-/m0/s1. The number of hydrogen-bond donors (Lipinski definition) is 1. The molecular weight excluding hydrogens is 353 g/mol. The van der Waals surface area contributed by atoms with Gasteiger partial charge in [0.25, 0.3) is 0 Å². The maximum absolute atomic E-state index is 12.8. The topological polar surface area (TPSA) is 70.1 Å². The van der Waals surface area contributed by atoms with Gasteiger partial charge in [-0.1, -0.05) is 0 Å². The molecule has 0 saturated carbocycles. The van der Waals surface area contributed by atoms with E-state index in [2.05, 4.69) is 0 Å². The van der Waals surface area contributed by atoms with Crippen LogP contribution < -0.4 is 0 Å². The SMILES string of the molecule is CC(C)(C)OC(=O)N1C[C@@H](C(=O)N2CCC(C(F)(F)F)CC2)C[C@H]1CO. The van der Waals surface area contributed by atoms with E-state index in [0.29, 0.717) is 0 Å². The van der Waals surface area contributed by atoms with E-state index in [1.165, 1.54) is 9.80 Å². The molecule has 2 heterocycles. The fourth-order valence-corrected chi connectivity index (χ4v) is 3.50. The van der Waals surface area contributed by atoms with Crippen molar-refractivity contribution in [3.63, 3.8) is 0 Å². The first-order valence-electron chi connectivity index (χ1n) is 8.88. The van der Waals surface area contributed by atoms with Crippen molar-refractivity contribution in [3.05, 3.63) is 0 Å². The van der Waals surface area contributed by atoms with Crippen molar-refractivity contribution in [1.29, 1.82) is 0 Å². The van der Waals surface area contributed by atoms with Gasteiger partial charge in [-0.15, -0.1) is 0 Å². The molecule has 2 amide bonds. The third-order valence-corrected chi connectivity index (χ3v) is 4.87. The number of alkyl halides is 3. The van der Waals surface area contributed by atoms with Crippen LogP contribution in [-0.4, -0.2) is 71.0 Å². The molecule has 0 bridgehead atoms. The van der Waals surface area contributed by atoms with E-state index in [1.807, 2.05) is 0 Å². The van der Waals surface area contributed by atoms with Crippen LogP contribution >= 0.6 is 0 Å². The molecule has 0 aromatic heterocycles. The summed E-state index contributed by atoms with van der Waals surface area (Å²) in [6.07, 6.45) is -4.73. The monoisotopic (exact) mass is 380 g/mol. The first kappa shape index (κ1) is 20.8. The summed E-state index contributed by atoms with van der Waals surface area (Å²) < 4.78 is 43.6. The fourth-order valence-electron chi connectivity index (χ4n) is 3.50. The van der Waals surface area contributed by atoms with Gasteiger partial charge in [-0.25, -0.2) is 4.79 Å². The van der Waals surface area contributed by atoms with E-state index in [1.54, 1.807) is 20.8 Å². The molecule has 0 unspecified atom stereocenters. The van der Waals surface area contributed by atoms with Gasteiger partial charge in [0.15, 0.2) is 0 Å². The lowest BCUT2D eigenvalue weighted by molar-refractivity contribution is -0.186. The summed E-state index contributed by atoms with van der Waals surface area (Å²) >= 11 is 0. The van der Waals surface area contributed by atoms with Crippen molar-refractivity contribution in [1.82, 2.24) is 9.80 Å². The van der Waals surface area contributed by atoms with Gasteiger partial charge in [0.1, 0.15) is 5.60 Å². The van der Waals surface area contributed by atoms with Crippen molar-refractivity contribution < 1.29 is 32.6 Å². The Kier molecular flexibility index (Phi) is 6.09. The van der Waals surface area contributed by atoms with Crippen LogP contribution in [0.3, 0.4) is 0 Å². The summed E-state index contributed by atoms with van der Waals surface area (Å²) in [5, 5.41) is 9.52. The second kappa shape index (κ2) is 7.62. The van der Waals surface area contributed by atoms with Gasteiger partial charge in [-0.3, -0.25) is 4.79 Å². The van der Waals surface area contributed by atoms with Crippen molar-refractivity contribution in [2.24, 2.45) is 11.8 Å². The Balaban J connectivity index is 1.95. The van der Waals surface area contributed by atoms with Crippen molar-refractivity contribution >= 4 is 12.0 Å². The zero-order valence-electron chi connectivity index (χ0n) is 15.4. The van der Waals surface area contributed by atoms with E-state index in [-0.39, 0.29) is 51.4 Å². The van der Waals surface area contributed by atoms with Crippen LogP contribution in [-0.2, 0) is 9.53 Å². The molecule has 0 aromatic rings. The molecule has 2 saturated heterocycles. The van der Waals surface area contributed by atoms with Crippen LogP contribution in [0.15, 0.2) is 0 Å². The van der Waals surface area contributed by atoms with Gasteiger partial charge in [-0.05, 0) is 40.0 Å². The lowest BCUT2D eigenvalue weighted by atomic mass is 9.94. The van der Waals surface area contributed by atoms with Gasteiger partial charge in [0, 0.05) is 19.6 Å². The van der Waals surface area contributed by atoms with Crippen molar-refractivity contribution in [2.45, 2.75) is 57.9 Å². The number of likely N-dealkylation sites (tertiary alicyclic amines) is 2. The maximum atomic E-state index is 12.8.